The molecule has 1 saturated heterocycles. The molecule has 1 aromatic carbocycles. The van der Waals surface area contributed by atoms with Gasteiger partial charge in [-0.15, -0.1) is 0 Å². The number of aryl methyl sites for hydroxylation is 1. The highest BCUT2D eigenvalue weighted by Gasteiger charge is 2.27. The van der Waals surface area contributed by atoms with Crippen molar-refractivity contribution in [3.8, 4) is 17.1 Å². The summed E-state index contributed by atoms with van der Waals surface area (Å²) in [5.41, 5.74) is 3.14. The Hall–Kier alpha value is -2.87. The van der Waals surface area contributed by atoms with Crippen molar-refractivity contribution in [3.63, 3.8) is 0 Å². The summed E-state index contributed by atoms with van der Waals surface area (Å²) in [5.74, 6) is 0.846. The second-order valence-electron chi connectivity index (χ2n) is 8.57. The Balaban J connectivity index is 1.53. The predicted octanol–water partition coefficient (Wildman–Crippen LogP) is 2.63. The van der Waals surface area contributed by atoms with E-state index in [1.807, 2.05) is 32.9 Å². The van der Waals surface area contributed by atoms with Gasteiger partial charge in [0, 0.05) is 30.9 Å². The zero-order valence-electron chi connectivity index (χ0n) is 18.5. The summed E-state index contributed by atoms with van der Waals surface area (Å²) in [6.45, 7) is 9.84. The lowest BCUT2D eigenvalue weighted by atomic mass is 10.0. The molecule has 8 nitrogen and oxygen atoms in total. The third-order valence-corrected chi connectivity index (χ3v) is 5.75. The average molecular weight is 426 g/mol. The molecule has 2 aromatic rings. The van der Waals surface area contributed by atoms with E-state index in [0.717, 1.165) is 25.2 Å². The van der Waals surface area contributed by atoms with Crippen molar-refractivity contribution in [3.05, 3.63) is 34.6 Å². The molecule has 0 radical (unpaired) electrons. The van der Waals surface area contributed by atoms with Crippen molar-refractivity contribution >= 4 is 11.8 Å². The van der Waals surface area contributed by atoms with Crippen LogP contribution in [0.4, 0.5) is 0 Å². The normalized spacial score (nSPS) is 16.3. The first-order chi connectivity index (χ1) is 14.9. The monoisotopic (exact) mass is 425 g/mol. The number of likely N-dealkylation sites (tertiary alicyclic amines) is 1. The fraction of sp³-hybridized carbons (Fsp3) is 0.522. The van der Waals surface area contributed by atoms with Gasteiger partial charge in [-0.3, -0.25) is 9.59 Å². The van der Waals surface area contributed by atoms with Gasteiger partial charge in [0.2, 0.25) is 0 Å². The van der Waals surface area contributed by atoms with Gasteiger partial charge in [0.15, 0.2) is 0 Å². The van der Waals surface area contributed by atoms with Crippen LogP contribution in [0.1, 0.15) is 65.2 Å². The highest BCUT2D eigenvalue weighted by molar-refractivity contribution is 6.04. The third kappa shape index (κ3) is 4.74. The van der Waals surface area contributed by atoms with Gasteiger partial charge >= 0.3 is 0 Å². The van der Waals surface area contributed by atoms with Crippen LogP contribution in [0.25, 0.3) is 11.4 Å². The molecule has 1 fully saturated rings. The third-order valence-electron chi connectivity index (χ3n) is 5.75. The average Bonchev–Trinajstić information content (AvgIpc) is 3.31. The van der Waals surface area contributed by atoms with Crippen molar-refractivity contribution in [2.24, 2.45) is 0 Å². The van der Waals surface area contributed by atoms with Gasteiger partial charge in [-0.2, -0.15) is 0 Å². The van der Waals surface area contributed by atoms with Crippen LogP contribution in [-0.2, 0) is 6.54 Å². The Morgan fingerprint density at radius 1 is 1.26 bits per heavy atom. The minimum absolute atomic E-state index is 0.00976. The van der Waals surface area contributed by atoms with Crippen LogP contribution in [-0.4, -0.2) is 59.0 Å². The lowest BCUT2D eigenvalue weighted by Gasteiger charge is -2.26. The van der Waals surface area contributed by atoms with E-state index in [1.54, 1.807) is 0 Å². The number of aromatic amines is 1. The van der Waals surface area contributed by atoms with Gasteiger partial charge in [0.25, 0.3) is 11.8 Å². The van der Waals surface area contributed by atoms with Crippen LogP contribution >= 0.6 is 0 Å². The molecule has 2 amide bonds. The fourth-order valence-electron chi connectivity index (χ4n) is 4.27. The number of benzene rings is 1. The Bertz CT molecular complexity index is 976. The molecule has 0 unspecified atom stereocenters. The molecule has 0 bridgehead atoms. The molecule has 3 heterocycles. The number of nitrogens with one attached hydrogen (secondary N) is 3. The maximum absolute atomic E-state index is 12.7. The number of imidazole rings is 1. The molecular formula is C23H31N5O3. The van der Waals surface area contributed by atoms with Crippen LogP contribution in [0.3, 0.4) is 0 Å². The van der Waals surface area contributed by atoms with Crippen molar-refractivity contribution < 1.29 is 14.3 Å². The standard InChI is InChI=1S/C23H31N5O3/c1-14(2)31-17-11-16-13-25-22(29)19(16)18(12-17)21-26-15(3)20(27-21)23(30)24-7-10-28-8-5-4-6-9-28/h11-12,14H,4-10,13H2,1-3H3,(H,24,30)(H,25,29)(H,26,27). The molecule has 3 N–H and O–H groups in total. The van der Waals surface area contributed by atoms with Crippen LogP contribution in [0, 0.1) is 6.92 Å². The Morgan fingerprint density at radius 3 is 2.77 bits per heavy atom. The lowest BCUT2D eigenvalue weighted by molar-refractivity contribution is 0.0939. The molecule has 31 heavy (non-hydrogen) atoms. The minimum Gasteiger partial charge on any atom is -0.491 e. The molecule has 1 aromatic heterocycles. The number of nitrogens with zero attached hydrogens (tertiary/aromatic N) is 2. The van der Waals surface area contributed by atoms with E-state index in [0.29, 0.717) is 47.2 Å². The molecule has 0 spiro atoms. The molecule has 4 rings (SSSR count). The summed E-state index contributed by atoms with van der Waals surface area (Å²) in [6.07, 6.45) is 3.76. The van der Waals surface area contributed by atoms with Crippen LogP contribution in [0.5, 0.6) is 5.75 Å². The number of amides is 2. The Labute approximate surface area is 182 Å². The number of ether oxygens (including phenoxy) is 1. The first kappa shape index (κ1) is 21.4. The molecule has 2 aliphatic heterocycles. The predicted molar refractivity (Wildman–Crippen MR) is 118 cm³/mol. The van der Waals surface area contributed by atoms with E-state index in [4.69, 9.17) is 4.74 Å². The van der Waals surface area contributed by atoms with Gasteiger partial charge in [-0.05, 0) is 64.4 Å². The number of fused-ring (bicyclic) bond motifs is 1. The highest BCUT2D eigenvalue weighted by Crippen LogP contribution is 2.33. The number of rotatable bonds is 7. The summed E-state index contributed by atoms with van der Waals surface area (Å²) in [7, 11) is 0. The number of hydrogen-bond donors (Lipinski definition) is 3. The van der Waals surface area contributed by atoms with Gasteiger partial charge in [0.05, 0.1) is 11.7 Å². The quantitative estimate of drug-likeness (QED) is 0.633. The summed E-state index contributed by atoms with van der Waals surface area (Å²) >= 11 is 0. The number of H-pyrrole nitrogens is 1. The summed E-state index contributed by atoms with van der Waals surface area (Å²) in [4.78, 5) is 35.3. The number of hydrogen-bond acceptors (Lipinski definition) is 5. The first-order valence-corrected chi connectivity index (χ1v) is 11.1. The maximum Gasteiger partial charge on any atom is 0.271 e. The number of aromatic nitrogens is 2. The van der Waals surface area contributed by atoms with Crippen molar-refractivity contribution in [1.82, 2.24) is 25.5 Å². The van der Waals surface area contributed by atoms with Crippen molar-refractivity contribution in [2.45, 2.75) is 52.7 Å². The second-order valence-corrected chi connectivity index (χ2v) is 8.57. The summed E-state index contributed by atoms with van der Waals surface area (Å²) in [6, 6.07) is 3.71. The van der Waals surface area contributed by atoms with Crippen molar-refractivity contribution in [1.29, 1.82) is 0 Å². The molecule has 166 valence electrons. The van der Waals surface area contributed by atoms with E-state index in [2.05, 4.69) is 25.5 Å². The van der Waals surface area contributed by atoms with Gasteiger partial charge in [0.1, 0.15) is 17.3 Å². The van der Waals surface area contributed by atoms with Crippen LogP contribution in [0.15, 0.2) is 12.1 Å². The van der Waals surface area contributed by atoms with Crippen molar-refractivity contribution in [2.75, 3.05) is 26.2 Å². The zero-order chi connectivity index (χ0) is 22.0. The van der Waals surface area contributed by atoms with Gasteiger partial charge in [-0.25, -0.2) is 4.98 Å². The van der Waals surface area contributed by atoms with Gasteiger partial charge in [-0.1, -0.05) is 6.42 Å². The topological polar surface area (TPSA) is 99.4 Å². The highest BCUT2D eigenvalue weighted by atomic mass is 16.5. The molecule has 8 heteroatoms. The van der Waals surface area contributed by atoms with E-state index >= 15 is 0 Å². The molecule has 0 saturated carbocycles. The van der Waals surface area contributed by atoms with E-state index in [1.165, 1.54) is 19.3 Å². The fourth-order valence-corrected chi connectivity index (χ4v) is 4.27. The molecular weight excluding hydrogens is 394 g/mol. The SMILES string of the molecule is Cc1[nH]c(-c2cc(OC(C)C)cc3c2C(=O)NC3)nc1C(=O)NCCN1CCCCC1. The Morgan fingerprint density at radius 2 is 2.03 bits per heavy atom. The second kappa shape index (κ2) is 9.09. The number of carbonyl (C=O) groups is 2. The maximum atomic E-state index is 12.7. The number of piperidine rings is 1. The van der Waals surface area contributed by atoms with E-state index in [-0.39, 0.29) is 17.9 Å². The van der Waals surface area contributed by atoms with E-state index in [9.17, 15) is 9.59 Å². The zero-order valence-corrected chi connectivity index (χ0v) is 18.5. The Kier molecular flexibility index (Phi) is 6.27. The summed E-state index contributed by atoms with van der Waals surface area (Å²) in [5, 5.41) is 5.84. The smallest absolute Gasteiger partial charge is 0.271 e. The van der Waals surface area contributed by atoms with Crippen LogP contribution in [0.2, 0.25) is 0 Å². The molecule has 0 atom stereocenters. The van der Waals surface area contributed by atoms with Crippen LogP contribution < -0.4 is 15.4 Å². The minimum atomic E-state index is -0.201. The summed E-state index contributed by atoms with van der Waals surface area (Å²) < 4.78 is 5.87. The molecule has 0 aliphatic carbocycles. The lowest BCUT2D eigenvalue weighted by Crippen LogP contribution is -2.37. The number of carbonyl (C=O) groups excluding carboxylic acids is 2. The molecule has 2 aliphatic rings. The van der Waals surface area contributed by atoms with Gasteiger partial charge < -0.3 is 25.3 Å². The van der Waals surface area contributed by atoms with E-state index < -0.39 is 0 Å². The first-order valence-electron chi connectivity index (χ1n) is 11.1. The largest absolute Gasteiger partial charge is 0.491 e.